The largest absolute Gasteiger partial charge is 0.0619 e. The van der Waals surface area contributed by atoms with E-state index in [9.17, 15) is 0 Å². The number of allylic oxidation sites excluding steroid dienone is 2. The van der Waals surface area contributed by atoms with Gasteiger partial charge in [0.05, 0.1) is 0 Å². The molecule has 0 nitrogen and oxygen atoms in total. The predicted molar refractivity (Wildman–Crippen MR) is 48.1 cm³/mol. The summed E-state index contributed by atoms with van der Waals surface area (Å²) >= 11 is 0. The summed E-state index contributed by atoms with van der Waals surface area (Å²) in [5, 5.41) is 0. The predicted octanol–water partition coefficient (Wildman–Crippen LogP) is 3.04. The van der Waals surface area contributed by atoms with Crippen molar-refractivity contribution in [3.05, 3.63) is 47.4 Å². The van der Waals surface area contributed by atoms with Gasteiger partial charge in [-0.3, -0.25) is 0 Å². The average Bonchev–Trinajstić information content (AvgIpc) is 2.30. The van der Waals surface area contributed by atoms with E-state index in [2.05, 4.69) is 44.5 Å². The van der Waals surface area contributed by atoms with Gasteiger partial charge in [0, 0.05) is 32.3 Å². The molecular weight excluding hydrogens is 311 g/mol. The molecule has 0 saturated heterocycles. The van der Waals surface area contributed by atoms with E-state index in [0.29, 0.717) is 0 Å². The Bertz CT molecular complexity index is 324. The number of hydrogen-bond acceptors (Lipinski definition) is 0. The Morgan fingerprint density at radius 1 is 1.00 bits per heavy atom. The van der Waals surface area contributed by atoms with Crippen molar-refractivity contribution in [1.29, 1.82) is 0 Å². The van der Waals surface area contributed by atoms with Crippen LogP contribution in [0.1, 0.15) is 25.0 Å². The van der Waals surface area contributed by atoms with Crippen molar-refractivity contribution >= 4 is 5.57 Å². The molecule has 0 unspecified atom stereocenters. The zero-order valence-corrected chi connectivity index (χ0v) is 11.0. The first-order valence-electron chi connectivity index (χ1n) is 3.90. The van der Waals surface area contributed by atoms with Crippen molar-refractivity contribution in [2.24, 2.45) is 0 Å². The summed E-state index contributed by atoms with van der Waals surface area (Å²) in [6.45, 7) is 4.34. The zero-order valence-electron chi connectivity index (χ0n) is 7.39. The van der Waals surface area contributed by atoms with E-state index in [0.717, 1.165) is 0 Å². The molecule has 1 radical (unpaired) electrons. The van der Waals surface area contributed by atoms with Crippen LogP contribution in [0.2, 0.25) is 0 Å². The number of hydrogen-bond donors (Lipinski definition) is 0. The van der Waals surface area contributed by atoms with Gasteiger partial charge in [-0.1, -0.05) is 29.8 Å². The van der Waals surface area contributed by atoms with Crippen molar-refractivity contribution in [3.63, 3.8) is 0 Å². The quantitative estimate of drug-likeness (QED) is 0.644. The van der Waals surface area contributed by atoms with Crippen LogP contribution in [0.25, 0.3) is 5.57 Å². The fraction of sp³-hybridized carbons (Fsp3) is 0.182. The van der Waals surface area contributed by atoms with Crippen LogP contribution in [0.5, 0.6) is 0 Å². The van der Waals surface area contributed by atoms with E-state index in [4.69, 9.17) is 0 Å². The summed E-state index contributed by atoms with van der Waals surface area (Å²) in [5.74, 6) is 0. The van der Waals surface area contributed by atoms with Crippen LogP contribution in [0, 0.1) is 6.42 Å². The van der Waals surface area contributed by atoms with Crippen LogP contribution in [0.3, 0.4) is 0 Å². The van der Waals surface area contributed by atoms with E-state index in [1.165, 1.54) is 22.3 Å². The van der Waals surface area contributed by atoms with Gasteiger partial charge in [0.1, 0.15) is 0 Å². The van der Waals surface area contributed by atoms with Crippen molar-refractivity contribution in [1.82, 2.24) is 0 Å². The molecule has 59 valence electrons. The Morgan fingerprint density at radius 2 is 1.67 bits per heavy atom. The first-order valence-corrected chi connectivity index (χ1v) is 3.90. The zero-order chi connectivity index (χ0) is 7.84. The summed E-state index contributed by atoms with van der Waals surface area (Å²) in [6, 6.07) is 8.52. The Labute approximate surface area is 92.5 Å². The maximum Gasteiger partial charge on any atom is 0.0164 e. The summed E-state index contributed by atoms with van der Waals surface area (Å²) < 4.78 is 0. The van der Waals surface area contributed by atoms with Crippen molar-refractivity contribution in [2.45, 2.75) is 13.8 Å². The van der Waals surface area contributed by atoms with E-state index in [1.807, 2.05) is 0 Å². The minimum Gasteiger partial charge on any atom is -0.0619 e. The van der Waals surface area contributed by atoms with Gasteiger partial charge in [-0.05, 0) is 30.5 Å². The molecule has 0 bridgehead atoms. The van der Waals surface area contributed by atoms with E-state index in [-0.39, 0.29) is 25.8 Å². The number of benzene rings is 1. The van der Waals surface area contributed by atoms with Gasteiger partial charge in [0.25, 0.3) is 0 Å². The molecule has 1 aromatic rings. The van der Waals surface area contributed by atoms with Crippen LogP contribution in [0.4, 0.5) is 0 Å². The van der Waals surface area contributed by atoms with E-state index < -0.39 is 0 Å². The molecule has 0 aromatic heterocycles. The average molecular weight is 322 g/mol. The molecule has 1 heteroatoms. The van der Waals surface area contributed by atoms with Gasteiger partial charge in [-0.15, -0.1) is 0 Å². The van der Waals surface area contributed by atoms with Gasteiger partial charge in [0.2, 0.25) is 0 Å². The molecule has 0 aliphatic heterocycles. The molecule has 1 aliphatic carbocycles. The third-order valence-electron chi connectivity index (χ3n) is 2.33. The number of rotatable bonds is 0. The molecule has 0 fully saturated rings. The summed E-state index contributed by atoms with van der Waals surface area (Å²) in [4.78, 5) is 0. The number of fused-ring (bicyclic) bond motifs is 1. The van der Waals surface area contributed by atoms with Crippen molar-refractivity contribution in [3.8, 4) is 0 Å². The van der Waals surface area contributed by atoms with Crippen molar-refractivity contribution in [2.75, 3.05) is 0 Å². The van der Waals surface area contributed by atoms with Crippen LogP contribution < -0.4 is 0 Å². The molecule has 0 N–H and O–H groups in total. The summed E-state index contributed by atoms with van der Waals surface area (Å²) in [7, 11) is 0. The smallest absolute Gasteiger partial charge is 0.0164 e. The Kier molecular flexibility index (Phi) is 3.05. The van der Waals surface area contributed by atoms with Crippen LogP contribution in [-0.4, -0.2) is 0 Å². The van der Waals surface area contributed by atoms with Gasteiger partial charge in [-0.2, -0.15) is 0 Å². The summed E-state index contributed by atoms with van der Waals surface area (Å²) in [6.07, 6.45) is 2.24. The second-order valence-electron chi connectivity index (χ2n) is 3.04. The molecule has 1 aromatic carbocycles. The second-order valence-corrected chi connectivity index (χ2v) is 3.04. The van der Waals surface area contributed by atoms with E-state index in [1.54, 1.807) is 0 Å². The second kappa shape index (κ2) is 3.69. The Hall–Kier alpha value is -0.170. The normalized spacial score (nSPS) is 14.2. The topological polar surface area (TPSA) is 0 Å². The molecule has 0 heterocycles. The van der Waals surface area contributed by atoms with Crippen LogP contribution >= 0.6 is 0 Å². The molecule has 0 amide bonds. The molecule has 12 heavy (non-hydrogen) atoms. The molecule has 2 rings (SSSR count). The first kappa shape index (κ1) is 9.91. The SMILES string of the molecule is CC1=C(C)c2ccccc2[CH]1.[Hf]. The Morgan fingerprint density at radius 3 is 2.33 bits per heavy atom. The van der Waals surface area contributed by atoms with Gasteiger partial charge in [0.15, 0.2) is 0 Å². The molecule has 1 aliphatic rings. The minimum atomic E-state index is 0. The van der Waals surface area contributed by atoms with Crippen LogP contribution in [0.15, 0.2) is 29.8 Å². The fourth-order valence-electron chi connectivity index (χ4n) is 1.52. The fourth-order valence-corrected chi connectivity index (χ4v) is 1.52. The molecule has 0 atom stereocenters. The molecule has 0 saturated carbocycles. The van der Waals surface area contributed by atoms with Gasteiger partial charge < -0.3 is 0 Å². The van der Waals surface area contributed by atoms with Gasteiger partial charge >= 0.3 is 0 Å². The maximum atomic E-state index is 2.24. The van der Waals surface area contributed by atoms with Gasteiger partial charge in [-0.25, -0.2) is 0 Å². The molecular formula is C11H11Hf. The minimum absolute atomic E-state index is 0. The monoisotopic (exact) mass is 323 g/mol. The third kappa shape index (κ3) is 1.47. The van der Waals surface area contributed by atoms with Crippen LogP contribution in [-0.2, 0) is 25.8 Å². The standard InChI is InChI=1S/C11H11.Hf/c1-8-7-10-5-3-4-6-11(10)9(8)2;/h3-7H,1-2H3;. The third-order valence-corrected chi connectivity index (χ3v) is 2.33. The summed E-state index contributed by atoms with van der Waals surface area (Å²) in [5.41, 5.74) is 5.57. The van der Waals surface area contributed by atoms with E-state index >= 15 is 0 Å². The molecule has 0 spiro atoms. The Balaban J connectivity index is 0.000000720. The first-order chi connectivity index (χ1) is 5.29. The maximum absolute atomic E-state index is 2.24. The van der Waals surface area contributed by atoms with Crippen molar-refractivity contribution < 1.29 is 25.8 Å².